The van der Waals surface area contributed by atoms with Crippen molar-refractivity contribution in [2.75, 3.05) is 0 Å². The Morgan fingerprint density at radius 1 is 1.20 bits per heavy atom. The van der Waals surface area contributed by atoms with E-state index in [-0.39, 0.29) is 9.52 Å². The van der Waals surface area contributed by atoms with E-state index in [1.54, 1.807) is 0 Å². The quantitative estimate of drug-likeness (QED) is 0.323. The molecule has 0 atom stereocenters. The molecule has 0 unspecified atom stereocenters. The fourth-order valence-corrected chi connectivity index (χ4v) is 1.97. The molecule has 0 N–H and O–H groups in total. The van der Waals surface area contributed by atoms with Gasteiger partial charge in [0.1, 0.15) is 9.52 Å². The first-order chi connectivity index (χ1) is 4.91. The molecule has 0 aliphatic rings. The van der Waals surface area contributed by atoms with Crippen molar-refractivity contribution < 1.29 is 0 Å². The summed E-state index contributed by atoms with van der Waals surface area (Å²) in [6.07, 6.45) is 5.61. The molecule has 0 nitrogen and oxygen atoms in total. The van der Waals surface area contributed by atoms with Crippen molar-refractivity contribution in [1.82, 2.24) is 0 Å². The topological polar surface area (TPSA) is 0 Å². The first-order valence-electron chi connectivity index (χ1n) is 4.31. The van der Waals surface area contributed by atoms with Gasteiger partial charge < -0.3 is 0 Å². The normalized spacial score (nSPS) is 9.80. The minimum absolute atomic E-state index is 0.0222. The van der Waals surface area contributed by atoms with Crippen molar-refractivity contribution in [2.45, 2.75) is 45.6 Å². The average molecular weight is 154 g/mol. The molecule has 0 saturated heterocycles. The van der Waals surface area contributed by atoms with E-state index in [1.165, 1.54) is 31.7 Å². The zero-order valence-corrected chi connectivity index (χ0v) is 8.66. The number of hydrogen-bond acceptors (Lipinski definition) is 0. The zero-order chi connectivity index (χ0) is 7.66. The third-order valence-electron chi connectivity index (χ3n) is 1.58. The highest BCUT2D eigenvalue weighted by molar-refractivity contribution is 6.45. The van der Waals surface area contributed by atoms with Crippen molar-refractivity contribution in [3.63, 3.8) is 0 Å². The first kappa shape index (κ1) is 9.78. The van der Waals surface area contributed by atoms with Gasteiger partial charge in [0, 0.05) is 0 Å². The molecule has 58 valence electrons. The van der Waals surface area contributed by atoms with E-state index in [9.17, 15) is 0 Å². The fraction of sp³-hybridized carbons (Fsp3) is 0.778. The van der Waals surface area contributed by atoms with Gasteiger partial charge in [0.25, 0.3) is 0 Å². The predicted octanol–water partition coefficient (Wildman–Crippen LogP) is 2.13. The molecule has 0 spiro atoms. The molecule has 0 aromatic rings. The third-order valence-corrected chi connectivity index (χ3v) is 3.04. The summed E-state index contributed by atoms with van der Waals surface area (Å²) in [5.74, 6) is 2.97. The molecule has 0 radical (unpaired) electrons. The van der Waals surface area contributed by atoms with Crippen LogP contribution in [0.3, 0.4) is 0 Å². The van der Waals surface area contributed by atoms with Crippen molar-refractivity contribution >= 4 is 9.52 Å². The minimum atomic E-state index is 0.0222. The molecule has 0 aromatic heterocycles. The molecule has 1 heteroatoms. The van der Waals surface area contributed by atoms with Crippen LogP contribution >= 0.6 is 0 Å². The van der Waals surface area contributed by atoms with Crippen molar-refractivity contribution in [1.29, 1.82) is 0 Å². The van der Waals surface area contributed by atoms with Crippen LogP contribution in [0.15, 0.2) is 0 Å². The lowest BCUT2D eigenvalue weighted by molar-refractivity contribution is 0.701. The summed E-state index contributed by atoms with van der Waals surface area (Å²) in [5.41, 5.74) is 3.21. The Hall–Kier alpha value is -0.223. The smallest absolute Gasteiger partial charge is 0.107 e. The molecule has 10 heavy (non-hydrogen) atoms. The Labute approximate surface area is 67.2 Å². The molecular formula is C9H18Si. The van der Waals surface area contributed by atoms with Gasteiger partial charge in [-0.05, 0) is 6.92 Å². The largest absolute Gasteiger partial charge is 0.140 e. The van der Waals surface area contributed by atoms with Crippen LogP contribution in [0.2, 0.25) is 6.04 Å². The molecule has 0 amide bonds. The molecule has 0 heterocycles. The molecular weight excluding hydrogens is 136 g/mol. The highest BCUT2D eigenvalue weighted by Crippen LogP contribution is 2.01. The van der Waals surface area contributed by atoms with E-state index in [2.05, 4.69) is 18.4 Å². The van der Waals surface area contributed by atoms with Crippen LogP contribution in [0, 0.1) is 11.5 Å². The van der Waals surface area contributed by atoms with Crippen LogP contribution in [0.5, 0.6) is 0 Å². The van der Waals surface area contributed by atoms with Gasteiger partial charge in [-0.25, -0.2) is 0 Å². The summed E-state index contributed by atoms with van der Waals surface area (Å²) in [7, 11) is 0.0222. The van der Waals surface area contributed by atoms with Crippen LogP contribution in [0.1, 0.15) is 39.5 Å². The summed E-state index contributed by atoms with van der Waals surface area (Å²) in [6, 6.07) is 1.43. The first-order valence-corrected chi connectivity index (χ1v) is 6.02. The summed E-state index contributed by atoms with van der Waals surface area (Å²) < 4.78 is 0. The Balaban J connectivity index is 2.82. The van der Waals surface area contributed by atoms with E-state index in [0.717, 1.165) is 0 Å². The molecule has 0 aromatic carbocycles. The van der Waals surface area contributed by atoms with Crippen molar-refractivity contribution in [3.8, 4) is 11.5 Å². The Kier molecular flexibility index (Phi) is 8.58. The fourth-order valence-electron chi connectivity index (χ4n) is 0.942. The second-order valence-corrected chi connectivity index (χ2v) is 4.15. The van der Waals surface area contributed by atoms with Gasteiger partial charge in [0.05, 0.1) is 0 Å². The SMILES string of the molecule is CC#C[SiH2]CCCCCC. The van der Waals surface area contributed by atoms with Crippen molar-refractivity contribution in [3.05, 3.63) is 0 Å². The van der Waals surface area contributed by atoms with Gasteiger partial charge in [-0.15, -0.1) is 11.5 Å². The number of unbranched alkanes of at least 4 members (excludes halogenated alkanes) is 3. The Bertz CT molecular complexity index is 108. The molecule has 0 fully saturated rings. The van der Waals surface area contributed by atoms with E-state index < -0.39 is 0 Å². The highest BCUT2D eigenvalue weighted by atomic mass is 28.2. The lowest BCUT2D eigenvalue weighted by Gasteiger charge is -1.93. The zero-order valence-electron chi connectivity index (χ0n) is 7.24. The molecule has 0 bridgehead atoms. The maximum Gasteiger partial charge on any atom is 0.107 e. The predicted molar refractivity (Wildman–Crippen MR) is 50.9 cm³/mol. The summed E-state index contributed by atoms with van der Waals surface area (Å²) in [6.45, 7) is 4.20. The second kappa shape index (κ2) is 8.78. The van der Waals surface area contributed by atoms with E-state index in [4.69, 9.17) is 0 Å². The maximum atomic E-state index is 3.21. The summed E-state index contributed by atoms with van der Waals surface area (Å²) in [5, 5.41) is 0. The van der Waals surface area contributed by atoms with Gasteiger partial charge >= 0.3 is 0 Å². The summed E-state index contributed by atoms with van der Waals surface area (Å²) in [4.78, 5) is 0. The van der Waals surface area contributed by atoms with Gasteiger partial charge in [0.2, 0.25) is 0 Å². The van der Waals surface area contributed by atoms with Gasteiger partial charge in [-0.2, -0.15) is 0 Å². The monoisotopic (exact) mass is 154 g/mol. The number of rotatable bonds is 5. The number of hydrogen-bond donors (Lipinski definition) is 0. The highest BCUT2D eigenvalue weighted by Gasteiger charge is 1.85. The Morgan fingerprint density at radius 3 is 2.60 bits per heavy atom. The lowest BCUT2D eigenvalue weighted by Crippen LogP contribution is -1.84. The van der Waals surface area contributed by atoms with E-state index in [1.807, 2.05) is 6.92 Å². The van der Waals surface area contributed by atoms with E-state index >= 15 is 0 Å². The van der Waals surface area contributed by atoms with Gasteiger partial charge in [0.15, 0.2) is 0 Å². The molecule has 0 saturated carbocycles. The maximum absolute atomic E-state index is 3.21. The van der Waals surface area contributed by atoms with Crippen LogP contribution < -0.4 is 0 Å². The minimum Gasteiger partial charge on any atom is -0.140 e. The molecule has 0 aliphatic carbocycles. The average Bonchev–Trinajstić information content (AvgIpc) is 1.97. The van der Waals surface area contributed by atoms with Gasteiger partial charge in [-0.3, -0.25) is 0 Å². The molecule has 0 rings (SSSR count). The third kappa shape index (κ3) is 7.78. The Morgan fingerprint density at radius 2 is 2.00 bits per heavy atom. The van der Waals surface area contributed by atoms with Gasteiger partial charge in [-0.1, -0.05) is 38.7 Å². The van der Waals surface area contributed by atoms with Crippen molar-refractivity contribution in [2.24, 2.45) is 0 Å². The second-order valence-electron chi connectivity index (χ2n) is 2.59. The van der Waals surface area contributed by atoms with Crippen LogP contribution in [0.25, 0.3) is 0 Å². The van der Waals surface area contributed by atoms with Crippen LogP contribution in [-0.4, -0.2) is 9.52 Å². The summed E-state index contributed by atoms with van der Waals surface area (Å²) >= 11 is 0. The van der Waals surface area contributed by atoms with Crippen LogP contribution in [0.4, 0.5) is 0 Å². The van der Waals surface area contributed by atoms with Crippen LogP contribution in [-0.2, 0) is 0 Å². The molecule has 0 aliphatic heterocycles. The van der Waals surface area contributed by atoms with E-state index in [0.29, 0.717) is 0 Å². The standard InChI is InChI=1S/C9H18Si/c1-3-5-6-7-9-10-8-4-2/h3,5-7,9-10H2,1-2H3. The lowest BCUT2D eigenvalue weighted by atomic mass is 10.2.